The predicted molar refractivity (Wildman–Crippen MR) is 109 cm³/mol. The van der Waals surface area contributed by atoms with E-state index in [0.29, 0.717) is 13.0 Å². The molecule has 1 aromatic carbocycles. The Hall–Kier alpha value is -2.64. The molecule has 0 unspecified atom stereocenters. The van der Waals surface area contributed by atoms with Crippen LogP contribution in [0, 0.1) is 0 Å². The fraction of sp³-hybridized carbons (Fsp3) is 0.455. The molecular weight excluding hydrogens is 370 g/mol. The second kappa shape index (κ2) is 8.39. The minimum atomic E-state index is -0.447. The van der Waals surface area contributed by atoms with Gasteiger partial charge in [0.15, 0.2) is 0 Å². The Labute approximate surface area is 170 Å². The van der Waals surface area contributed by atoms with E-state index < -0.39 is 6.10 Å². The fourth-order valence-electron chi connectivity index (χ4n) is 4.13. The van der Waals surface area contributed by atoms with Crippen molar-refractivity contribution < 1.29 is 19.4 Å². The van der Waals surface area contributed by atoms with Crippen LogP contribution in [0.15, 0.2) is 42.6 Å². The van der Waals surface area contributed by atoms with Crippen molar-refractivity contribution in [1.82, 2.24) is 10.3 Å². The molecule has 0 spiro atoms. The van der Waals surface area contributed by atoms with Crippen LogP contribution in [0.25, 0.3) is 0 Å². The summed E-state index contributed by atoms with van der Waals surface area (Å²) in [7, 11) is 4.01. The number of hydrogen-bond donors (Lipinski definition) is 2. The number of ether oxygens (including phenoxy) is 2. The first-order valence-corrected chi connectivity index (χ1v) is 9.96. The summed E-state index contributed by atoms with van der Waals surface area (Å²) in [6.07, 6.45) is 1.70. The van der Waals surface area contributed by atoms with Crippen molar-refractivity contribution >= 4 is 11.6 Å². The van der Waals surface area contributed by atoms with Crippen molar-refractivity contribution in [2.24, 2.45) is 0 Å². The highest BCUT2D eigenvalue weighted by molar-refractivity contribution is 5.76. The molecule has 0 radical (unpaired) electrons. The number of carbonyl (C=O) groups is 1. The third-order valence-electron chi connectivity index (χ3n) is 5.61. The summed E-state index contributed by atoms with van der Waals surface area (Å²) >= 11 is 0. The molecule has 0 saturated carbocycles. The van der Waals surface area contributed by atoms with Crippen LogP contribution in [-0.2, 0) is 16.1 Å². The van der Waals surface area contributed by atoms with E-state index in [2.05, 4.69) is 21.3 Å². The van der Waals surface area contributed by atoms with Gasteiger partial charge in [-0.3, -0.25) is 9.78 Å². The summed E-state index contributed by atoms with van der Waals surface area (Å²) in [6.45, 7) is 0.252. The Morgan fingerprint density at radius 1 is 1.31 bits per heavy atom. The number of aliphatic hydroxyl groups is 1. The summed E-state index contributed by atoms with van der Waals surface area (Å²) in [6, 6.07) is 11.7. The predicted octanol–water partition coefficient (Wildman–Crippen LogP) is 1.85. The van der Waals surface area contributed by atoms with Gasteiger partial charge in [-0.2, -0.15) is 0 Å². The molecule has 1 amide bonds. The quantitative estimate of drug-likeness (QED) is 0.774. The summed E-state index contributed by atoms with van der Waals surface area (Å²) < 4.78 is 12.1. The van der Waals surface area contributed by atoms with Gasteiger partial charge in [-0.1, -0.05) is 6.07 Å². The molecular formula is C22H27N3O4. The summed E-state index contributed by atoms with van der Waals surface area (Å²) in [5, 5.41) is 12.7. The maximum atomic E-state index is 12.4. The second-order valence-electron chi connectivity index (χ2n) is 7.82. The fourth-order valence-corrected chi connectivity index (χ4v) is 4.13. The molecule has 29 heavy (non-hydrogen) atoms. The summed E-state index contributed by atoms with van der Waals surface area (Å²) in [5.74, 6) is 0.856. The van der Waals surface area contributed by atoms with Crippen LogP contribution < -0.4 is 15.0 Å². The maximum Gasteiger partial charge on any atom is 0.222 e. The molecule has 154 valence electrons. The standard InChI is InChI=1S/C22H27N3O4/c1-25(2)15-6-7-19-17(9-15)18-10-16(28-20(13-26)22(18)29-19)11-21(27)24-12-14-5-3-4-8-23-14/h3-9,16,18,20,22,26H,10-13H2,1-2H3,(H,24,27)/t16-,18-,20-,22+/m1/s1. The number of hydrogen-bond acceptors (Lipinski definition) is 6. The molecule has 1 saturated heterocycles. The number of aliphatic hydroxyl groups excluding tert-OH is 1. The Kier molecular flexibility index (Phi) is 5.69. The molecule has 2 aliphatic heterocycles. The van der Waals surface area contributed by atoms with Crippen LogP contribution in [0.5, 0.6) is 5.75 Å². The maximum absolute atomic E-state index is 12.4. The number of amides is 1. The van der Waals surface area contributed by atoms with Crippen LogP contribution in [0.2, 0.25) is 0 Å². The molecule has 0 bridgehead atoms. The first-order chi connectivity index (χ1) is 14.0. The van der Waals surface area contributed by atoms with Crippen molar-refractivity contribution in [1.29, 1.82) is 0 Å². The normalized spacial score (nSPS) is 24.9. The van der Waals surface area contributed by atoms with Crippen molar-refractivity contribution in [3.05, 3.63) is 53.9 Å². The van der Waals surface area contributed by atoms with E-state index in [1.165, 1.54) is 0 Å². The summed E-state index contributed by atoms with van der Waals surface area (Å²) in [5.41, 5.74) is 3.04. The van der Waals surface area contributed by atoms with E-state index in [1.807, 2.05) is 44.4 Å². The van der Waals surface area contributed by atoms with E-state index in [-0.39, 0.29) is 37.1 Å². The topological polar surface area (TPSA) is 83.9 Å². The van der Waals surface area contributed by atoms with Crippen molar-refractivity contribution in [3.8, 4) is 5.75 Å². The zero-order valence-electron chi connectivity index (χ0n) is 16.7. The average molecular weight is 397 g/mol. The van der Waals surface area contributed by atoms with Crippen molar-refractivity contribution in [3.63, 3.8) is 0 Å². The highest BCUT2D eigenvalue weighted by Gasteiger charge is 2.46. The van der Waals surface area contributed by atoms with E-state index in [4.69, 9.17) is 9.47 Å². The van der Waals surface area contributed by atoms with Gasteiger partial charge in [-0.15, -0.1) is 0 Å². The number of anilines is 1. The van der Waals surface area contributed by atoms with Crippen molar-refractivity contribution in [2.45, 2.75) is 43.6 Å². The lowest BCUT2D eigenvalue weighted by Gasteiger charge is -2.37. The van der Waals surface area contributed by atoms with Gasteiger partial charge in [0.1, 0.15) is 18.0 Å². The zero-order valence-corrected chi connectivity index (χ0v) is 16.7. The van der Waals surface area contributed by atoms with Gasteiger partial charge in [0, 0.05) is 37.5 Å². The van der Waals surface area contributed by atoms with Crippen LogP contribution >= 0.6 is 0 Å². The number of fused-ring (bicyclic) bond motifs is 3. The van der Waals surface area contributed by atoms with Gasteiger partial charge in [0.25, 0.3) is 0 Å². The number of aromatic nitrogens is 1. The Morgan fingerprint density at radius 2 is 2.17 bits per heavy atom. The van der Waals surface area contributed by atoms with E-state index in [9.17, 15) is 9.90 Å². The van der Waals surface area contributed by atoms with Gasteiger partial charge in [0.05, 0.1) is 31.4 Å². The van der Waals surface area contributed by atoms with Gasteiger partial charge in [-0.25, -0.2) is 0 Å². The SMILES string of the molecule is CN(C)c1ccc2c(c1)[C@H]1C[C@H](CC(=O)NCc3ccccn3)O[C@H](CO)[C@H]1O2. The molecule has 1 aromatic heterocycles. The van der Waals surface area contributed by atoms with E-state index in [0.717, 1.165) is 22.7 Å². The number of rotatable bonds is 6. The number of carbonyl (C=O) groups excluding carboxylic acids is 1. The lowest BCUT2D eigenvalue weighted by atomic mass is 9.84. The molecule has 4 atom stereocenters. The monoisotopic (exact) mass is 397 g/mol. The van der Waals surface area contributed by atoms with Gasteiger partial charge >= 0.3 is 0 Å². The van der Waals surface area contributed by atoms with E-state index in [1.54, 1.807) is 6.20 Å². The van der Waals surface area contributed by atoms with Gasteiger partial charge < -0.3 is 24.8 Å². The lowest BCUT2D eigenvalue weighted by Crippen LogP contribution is -2.47. The number of nitrogens with zero attached hydrogens (tertiary/aromatic N) is 2. The molecule has 2 aromatic rings. The number of benzene rings is 1. The molecule has 0 aliphatic carbocycles. The number of nitrogens with one attached hydrogen (secondary N) is 1. The first kappa shape index (κ1) is 19.7. The van der Waals surface area contributed by atoms with Crippen LogP contribution in [0.3, 0.4) is 0 Å². The van der Waals surface area contributed by atoms with E-state index >= 15 is 0 Å². The molecule has 2 N–H and O–H groups in total. The second-order valence-corrected chi connectivity index (χ2v) is 7.82. The van der Waals surface area contributed by atoms with Crippen LogP contribution in [0.1, 0.15) is 30.0 Å². The van der Waals surface area contributed by atoms with Gasteiger partial charge in [-0.05, 0) is 36.8 Å². The highest BCUT2D eigenvalue weighted by Crippen LogP contribution is 2.47. The van der Waals surface area contributed by atoms with Gasteiger partial charge in [0.2, 0.25) is 5.91 Å². The minimum Gasteiger partial charge on any atom is -0.487 e. The third-order valence-corrected chi connectivity index (χ3v) is 5.61. The Morgan fingerprint density at radius 3 is 2.90 bits per heavy atom. The smallest absolute Gasteiger partial charge is 0.222 e. The Balaban J connectivity index is 1.44. The molecule has 4 rings (SSSR count). The van der Waals surface area contributed by atoms with Crippen LogP contribution in [-0.4, -0.2) is 55.0 Å². The Bertz CT molecular complexity index is 858. The zero-order chi connectivity index (χ0) is 20.4. The largest absolute Gasteiger partial charge is 0.487 e. The van der Waals surface area contributed by atoms with Crippen molar-refractivity contribution in [2.75, 3.05) is 25.6 Å². The first-order valence-electron chi connectivity index (χ1n) is 9.96. The molecule has 7 nitrogen and oxygen atoms in total. The molecule has 2 aliphatic rings. The van der Waals surface area contributed by atoms with Crippen LogP contribution in [0.4, 0.5) is 5.69 Å². The molecule has 1 fully saturated rings. The molecule has 7 heteroatoms. The highest BCUT2D eigenvalue weighted by atomic mass is 16.6. The average Bonchev–Trinajstić information content (AvgIpc) is 3.10. The minimum absolute atomic E-state index is 0.0861. The number of pyridine rings is 1. The molecule has 3 heterocycles. The lowest BCUT2D eigenvalue weighted by molar-refractivity contribution is -0.142. The summed E-state index contributed by atoms with van der Waals surface area (Å²) in [4.78, 5) is 18.7. The third kappa shape index (κ3) is 4.21.